The van der Waals surface area contributed by atoms with Crippen molar-refractivity contribution in [3.05, 3.63) is 54.4 Å². The largest absolute Gasteiger partial charge is 0.353 e. The third kappa shape index (κ3) is 5.85. The Morgan fingerprint density at radius 2 is 1.79 bits per heavy atom. The zero-order valence-electron chi connectivity index (χ0n) is 16.2. The molecule has 7 nitrogen and oxygen atoms in total. The number of aromatic nitrogens is 2. The summed E-state index contributed by atoms with van der Waals surface area (Å²) >= 11 is 0. The van der Waals surface area contributed by atoms with Crippen molar-refractivity contribution >= 4 is 17.8 Å². The molecule has 0 saturated carbocycles. The number of anilines is 1. The van der Waals surface area contributed by atoms with Crippen molar-refractivity contribution < 1.29 is 9.59 Å². The van der Waals surface area contributed by atoms with E-state index < -0.39 is 0 Å². The predicted octanol–water partition coefficient (Wildman–Crippen LogP) is 2.02. The number of hydrogen-bond donors (Lipinski definition) is 2. The van der Waals surface area contributed by atoms with E-state index in [1.54, 1.807) is 18.5 Å². The lowest BCUT2D eigenvalue weighted by Gasteiger charge is -2.35. The van der Waals surface area contributed by atoms with Gasteiger partial charge in [0.15, 0.2) is 0 Å². The van der Waals surface area contributed by atoms with Crippen LogP contribution in [0.25, 0.3) is 0 Å². The van der Waals surface area contributed by atoms with Crippen molar-refractivity contribution in [1.82, 2.24) is 20.2 Å². The molecule has 28 heavy (non-hydrogen) atoms. The number of likely N-dealkylation sites (tertiary alicyclic amines) is 1. The fraction of sp³-hybridized carbons (Fsp3) is 0.429. The van der Waals surface area contributed by atoms with Crippen LogP contribution < -0.4 is 10.6 Å². The van der Waals surface area contributed by atoms with Crippen molar-refractivity contribution in [2.45, 2.75) is 44.7 Å². The number of rotatable bonds is 7. The van der Waals surface area contributed by atoms with Crippen LogP contribution in [-0.2, 0) is 16.0 Å². The maximum absolute atomic E-state index is 12.4. The molecule has 3 rings (SSSR count). The highest BCUT2D eigenvalue weighted by Gasteiger charge is 2.27. The molecule has 2 N–H and O–H groups in total. The van der Waals surface area contributed by atoms with Gasteiger partial charge in [0.05, 0.1) is 6.04 Å². The quantitative estimate of drug-likeness (QED) is 0.766. The van der Waals surface area contributed by atoms with Crippen molar-refractivity contribution in [1.29, 1.82) is 0 Å². The van der Waals surface area contributed by atoms with Gasteiger partial charge in [-0.2, -0.15) is 0 Å². The number of nitrogens with one attached hydrogen (secondary N) is 2. The lowest BCUT2D eigenvalue weighted by atomic mass is 10.0. The van der Waals surface area contributed by atoms with Gasteiger partial charge in [0, 0.05) is 37.9 Å². The molecule has 0 unspecified atom stereocenters. The Bertz CT molecular complexity index is 761. The van der Waals surface area contributed by atoms with Gasteiger partial charge < -0.3 is 5.32 Å². The minimum Gasteiger partial charge on any atom is -0.353 e. The molecule has 1 saturated heterocycles. The van der Waals surface area contributed by atoms with Crippen LogP contribution in [-0.4, -0.2) is 51.9 Å². The minimum absolute atomic E-state index is 0.0920. The Labute approximate surface area is 165 Å². The van der Waals surface area contributed by atoms with Gasteiger partial charge >= 0.3 is 0 Å². The van der Waals surface area contributed by atoms with Gasteiger partial charge in [-0.3, -0.25) is 19.8 Å². The summed E-state index contributed by atoms with van der Waals surface area (Å²) < 4.78 is 0. The van der Waals surface area contributed by atoms with Gasteiger partial charge in [-0.15, -0.1) is 0 Å². The molecule has 0 spiro atoms. The second-order valence-electron chi connectivity index (χ2n) is 7.10. The van der Waals surface area contributed by atoms with Gasteiger partial charge in [-0.05, 0) is 37.8 Å². The average molecular weight is 381 g/mol. The summed E-state index contributed by atoms with van der Waals surface area (Å²) in [5, 5.41) is 5.87. The van der Waals surface area contributed by atoms with E-state index in [4.69, 9.17) is 0 Å². The highest BCUT2D eigenvalue weighted by atomic mass is 16.2. The summed E-state index contributed by atoms with van der Waals surface area (Å²) in [6, 6.07) is 11.7. The monoisotopic (exact) mass is 381 g/mol. The molecule has 0 bridgehead atoms. The van der Waals surface area contributed by atoms with Gasteiger partial charge in [0.1, 0.15) is 0 Å². The molecule has 1 fully saturated rings. The summed E-state index contributed by atoms with van der Waals surface area (Å²) in [7, 11) is 0. The maximum Gasteiger partial charge on any atom is 0.243 e. The number of nitrogens with zero attached hydrogens (tertiary/aromatic N) is 3. The standard InChI is InChI=1S/C21H27N5O2/c1-16(20(28)25-21-22-12-5-13-23-21)26-14-10-18(11-15-26)24-19(27)9-8-17-6-3-2-4-7-17/h2-7,12-13,16,18H,8-11,14-15H2,1H3,(H,24,27)(H,22,23,25,28)/t16-/m1/s1. The first-order valence-electron chi connectivity index (χ1n) is 9.77. The Morgan fingerprint density at radius 1 is 1.11 bits per heavy atom. The Kier molecular flexibility index (Phi) is 7.08. The fourth-order valence-corrected chi connectivity index (χ4v) is 3.38. The third-order valence-corrected chi connectivity index (χ3v) is 5.11. The van der Waals surface area contributed by atoms with Crippen LogP contribution >= 0.6 is 0 Å². The highest BCUT2D eigenvalue weighted by molar-refractivity contribution is 5.93. The van der Waals surface area contributed by atoms with Crippen LogP contribution in [0.5, 0.6) is 0 Å². The molecular weight excluding hydrogens is 354 g/mol. The number of hydrogen-bond acceptors (Lipinski definition) is 5. The van der Waals surface area contributed by atoms with Gasteiger partial charge in [0.2, 0.25) is 17.8 Å². The van der Waals surface area contributed by atoms with Gasteiger partial charge in [0.25, 0.3) is 0 Å². The predicted molar refractivity (Wildman–Crippen MR) is 108 cm³/mol. The third-order valence-electron chi connectivity index (χ3n) is 5.11. The van der Waals surface area contributed by atoms with Crippen LogP contribution in [0, 0.1) is 0 Å². The van der Waals surface area contributed by atoms with Crippen LogP contribution in [0.2, 0.25) is 0 Å². The lowest BCUT2D eigenvalue weighted by molar-refractivity contribution is -0.123. The zero-order chi connectivity index (χ0) is 19.8. The summed E-state index contributed by atoms with van der Waals surface area (Å²) in [4.78, 5) is 34.8. The second-order valence-corrected chi connectivity index (χ2v) is 7.10. The van der Waals surface area contributed by atoms with E-state index in [9.17, 15) is 9.59 Å². The molecule has 0 radical (unpaired) electrons. The maximum atomic E-state index is 12.4. The van der Waals surface area contributed by atoms with Crippen LogP contribution in [0.3, 0.4) is 0 Å². The molecular formula is C21H27N5O2. The molecule has 1 aliphatic rings. The topological polar surface area (TPSA) is 87.2 Å². The smallest absolute Gasteiger partial charge is 0.243 e. The first kappa shape index (κ1) is 19.9. The number of piperidine rings is 1. The summed E-state index contributed by atoms with van der Waals surface area (Å²) in [6.45, 7) is 3.43. The van der Waals surface area contributed by atoms with Gasteiger partial charge in [-0.1, -0.05) is 30.3 Å². The van der Waals surface area contributed by atoms with Crippen LogP contribution in [0.15, 0.2) is 48.8 Å². The SMILES string of the molecule is C[C@H](C(=O)Nc1ncccn1)N1CCC(NC(=O)CCc2ccccc2)CC1. The molecule has 0 aliphatic carbocycles. The molecule has 148 valence electrons. The molecule has 1 aromatic heterocycles. The molecule has 2 amide bonds. The number of carbonyl (C=O) groups is 2. The van der Waals surface area contributed by atoms with Crippen molar-refractivity contribution in [2.24, 2.45) is 0 Å². The first-order valence-corrected chi connectivity index (χ1v) is 9.77. The van der Waals surface area contributed by atoms with E-state index in [-0.39, 0.29) is 23.9 Å². The average Bonchev–Trinajstić information content (AvgIpc) is 2.74. The van der Waals surface area contributed by atoms with E-state index in [0.29, 0.717) is 12.4 Å². The molecule has 1 aliphatic heterocycles. The van der Waals surface area contributed by atoms with E-state index in [0.717, 1.165) is 32.4 Å². The van der Waals surface area contributed by atoms with E-state index in [2.05, 4.69) is 25.5 Å². The zero-order valence-corrected chi connectivity index (χ0v) is 16.2. The van der Waals surface area contributed by atoms with E-state index >= 15 is 0 Å². The van der Waals surface area contributed by atoms with Crippen LogP contribution in [0.1, 0.15) is 31.7 Å². The van der Waals surface area contributed by atoms with Crippen molar-refractivity contribution in [3.63, 3.8) is 0 Å². The van der Waals surface area contributed by atoms with Crippen LogP contribution in [0.4, 0.5) is 5.95 Å². The Hall–Kier alpha value is -2.80. The summed E-state index contributed by atoms with van der Waals surface area (Å²) in [5.74, 6) is 0.297. The van der Waals surface area contributed by atoms with Crippen molar-refractivity contribution in [2.75, 3.05) is 18.4 Å². The lowest BCUT2D eigenvalue weighted by Crippen LogP contribution is -2.50. The second kappa shape index (κ2) is 9.94. The number of amides is 2. The Morgan fingerprint density at radius 3 is 2.46 bits per heavy atom. The molecule has 2 heterocycles. The normalized spacial score (nSPS) is 16.3. The van der Waals surface area contributed by atoms with Gasteiger partial charge in [-0.25, -0.2) is 9.97 Å². The van der Waals surface area contributed by atoms with Crippen molar-refractivity contribution in [3.8, 4) is 0 Å². The minimum atomic E-state index is -0.265. The Balaban J connectivity index is 1.38. The number of carbonyl (C=O) groups excluding carboxylic acids is 2. The number of benzene rings is 1. The van der Waals surface area contributed by atoms with E-state index in [1.165, 1.54) is 5.56 Å². The molecule has 2 aromatic rings. The van der Waals surface area contributed by atoms with E-state index in [1.807, 2.05) is 37.3 Å². The summed E-state index contributed by atoms with van der Waals surface area (Å²) in [5.41, 5.74) is 1.18. The number of aryl methyl sites for hydroxylation is 1. The first-order chi connectivity index (χ1) is 13.6. The molecule has 7 heteroatoms. The molecule has 1 atom stereocenters. The fourth-order valence-electron chi connectivity index (χ4n) is 3.38. The molecule has 1 aromatic carbocycles. The summed E-state index contributed by atoms with van der Waals surface area (Å²) in [6.07, 6.45) is 6.13. The highest BCUT2D eigenvalue weighted by Crippen LogP contribution is 2.14.